The molecule has 0 unspecified atom stereocenters. The van der Waals surface area contributed by atoms with E-state index in [1.54, 1.807) is 22.0 Å². The summed E-state index contributed by atoms with van der Waals surface area (Å²) in [7, 11) is 1.83. The summed E-state index contributed by atoms with van der Waals surface area (Å²) in [6.07, 6.45) is 6.40. The molecule has 3 N–H and O–H groups in total. The van der Waals surface area contributed by atoms with Crippen LogP contribution in [0.1, 0.15) is 25.7 Å². The molecule has 0 amide bonds. The second-order valence-corrected chi connectivity index (χ2v) is 8.04. The first kappa shape index (κ1) is 17.2. The monoisotopic (exact) mass is 368 g/mol. The van der Waals surface area contributed by atoms with E-state index < -0.39 is 0 Å². The molecule has 136 valence electrons. The maximum atomic E-state index is 12.4. The molecule has 2 aromatic heterocycles. The normalized spacial score (nSPS) is 20.4. The first-order valence-electron chi connectivity index (χ1n) is 9.15. The van der Waals surface area contributed by atoms with Crippen molar-refractivity contribution in [2.75, 3.05) is 11.9 Å². The van der Waals surface area contributed by atoms with E-state index in [9.17, 15) is 4.79 Å². The number of pyridine rings is 1. The highest BCUT2D eigenvalue weighted by Crippen LogP contribution is 2.32. The Balaban J connectivity index is 1.72. The van der Waals surface area contributed by atoms with Gasteiger partial charge in [-0.1, -0.05) is 6.07 Å². The minimum absolute atomic E-state index is 0.0150. The van der Waals surface area contributed by atoms with Crippen LogP contribution in [0.5, 0.6) is 0 Å². The molecule has 5 nitrogen and oxygen atoms in total. The summed E-state index contributed by atoms with van der Waals surface area (Å²) in [5.74, 6) is 0.645. The molecule has 3 aromatic rings. The minimum atomic E-state index is 0.0150. The Hall–Kier alpha value is -2.18. The van der Waals surface area contributed by atoms with Crippen molar-refractivity contribution >= 4 is 27.9 Å². The third kappa shape index (κ3) is 3.27. The lowest BCUT2D eigenvalue weighted by Crippen LogP contribution is -2.30. The van der Waals surface area contributed by atoms with Crippen LogP contribution in [0, 0.1) is 5.92 Å². The molecule has 0 radical (unpaired) electrons. The number of nitrogens with two attached hydrogens (primary N) is 1. The number of aromatic nitrogens is 2. The number of fused-ring (bicyclic) bond motifs is 1. The van der Waals surface area contributed by atoms with Gasteiger partial charge in [0.25, 0.3) is 5.56 Å². The number of aryl methyl sites for hydroxylation is 1. The van der Waals surface area contributed by atoms with Crippen LogP contribution in [-0.2, 0) is 7.05 Å². The summed E-state index contributed by atoms with van der Waals surface area (Å²) in [4.78, 5) is 17.7. The number of hydrogen-bond acceptors (Lipinski definition) is 5. The van der Waals surface area contributed by atoms with Crippen molar-refractivity contribution in [3.63, 3.8) is 0 Å². The van der Waals surface area contributed by atoms with Crippen LogP contribution in [0.2, 0.25) is 0 Å². The van der Waals surface area contributed by atoms with Gasteiger partial charge in [-0.2, -0.15) is 0 Å². The zero-order chi connectivity index (χ0) is 18.1. The molecular formula is C20H24N4OS. The lowest BCUT2D eigenvalue weighted by Gasteiger charge is -2.29. The van der Waals surface area contributed by atoms with Gasteiger partial charge < -0.3 is 15.6 Å². The Labute approximate surface area is 156 Å². The molecule has 0 saturated heterocycles. The van der Waals surface area contributed by atoms with Crippen LogP contribution in [0.25, 0.3) is 21.3 Å². The Morgan fingerprint density at radius 2 is 2.08 bits per heavy atom. The van der Waals surface area contributed by atoms with Gasteiger partial charge in [-0.3, -0.25) is 9.78 Å². The van der Waals surface area contributed by atoms with Crippen molar-refractivity contribution < 1.29 is 0 Å². The number of rotatable bonds is 4. The molecular weight excluding hydrogens is 344 g/mol. The molecule has 0 aliphatic heterocycles. The summed E-state index contributed by atoms with van der Waals surface area (Å²) in [5.41, 5.74) is 10.7. The van der Waals surface area contributed by atoms with E-state index in [1.807, 2.05) is 24.8 Å². The highest BCUT2D eigenvalue weighted by molar-refractivity contribution is 7.13. The largest absolute Gasteiger partial charge is 0.382 e. The highest BCUT2D eigenvalue weighted by atomic mass is 32.1. The number of hydrogen-bond donors (Lipinski definition) is 2. The molecule has 0 bridgehead atoms. The first-order valence-corrected chi connectivity index (χ1v) is 10.0. The average Bonchev–Trinajstić information content (AvgIpc) is 3.21. The number of anilines is 1. The van der Waals surface area contributed by atoms with E-state index >= 15 is 0 Å². The average molecular weight is 369 g/mol. The lowest BCUT2D eigenvalue weighted by atomic mass is 9.86. The van der Waals surface area contributed by atoms with Crippen LogP contribution in [-0.4, -0.2) is 22.1 Å². The Bertz CT molecular complexity index is 956. The Kier molecular flexibility index (Phi) is 4.78. The van der Waals surface area contributed by atoms with Gasteiger partial charge in [-0.05, 0) is 55.8 Å². The molecule has 1 aliphatic carbocycles. The highest BCUT2D eigenvalue weighted by Gasteiger charge is 2.21. The van der Waals surface area contributed by atoms with E-state index in [0.29, 0.717) is 12.0 Å². The van der Waals surface area contributed by atoms with E-state index in [4.69, 9.17) is 5.73 Å². The standard InChI is InChI=1S/C20H24N4OS/c1-24-18-7-4-14(19-11-22-12-26-19)8-16(18)17(9-20(24)25)23-15-5-2-13(10-21)3-6-15/h4,7-9,11-13,15,23H,2-3,5-6,10,21H2,1H3. The maximum absolute atomic E-state index is 12.4. The van der Waals surface area contributed by atoms with Crippen LogP contribution in [0.15, 0.2) is 40.8 Å². The van der Waals surface area contributed by atoms with Crippen molar-refractivity contribution in [1.29, 1.82) is 0 Å². The smallest absolute Gasteiger partial charge is 0.252 e. The zero-order valence-electron chi connectivity index (χ0n) is 14.9. The summed E-state index contributed by atoms with van der Waals surface area (Å²) in [6, 6.07) is 8.39. The molecule has 26 heavy (non-hydrogen) atoms. The SMILES string of the molecule is Cn1c(=O)cc(NC2CCC(CN)CC2)c2cc(-c3cncs3)ccc21. The third-order valence-corrected chi connectivity index (χ3v) is 6.33. The fourth-order valence-corrected chi connectivity index (χ4v) is 4.47. The van der Waals surface area contributed by atoms with Crippen LogP contribution < -0.4 is 16.6 Å². The molecule has 1 fully saturated rings. The van der Waals surface area contributed by atoms with E-state index in [-0.39, 0.29) is 5.56 Å². The third-order valence-electron chi connectivity index (χ3n) is 5.50. The molecule has 0 atom stereocenters. The predicted molar refractivity (Wildman–Crippen MR) is 109 cm³/mol. The van der Waals surface area contributed by atoms with E-state index in [2.05, 4.69) is 22.4 Å². The van der Waals surface area contributed by atoms with Gasteiger partial charge in [0.1, 0.15) is 0 Å². The second kappa shape index (κ2) is 7.21. The van der Waals surface area contributed by atoms with Gasteiger partial charge in [0.15, 0.2) is 0 Å². The number of nitrogens with zero attached hydrogens (tertiary/aromatic N) is 2. The molecule has 1 aliphatic rings. The molecule has 0 spiro atoms. The maximum Gasteiger partial charge on any atom is 0.252 e. The first-order chi connectivity index (χ1) is 12.7. The quantitative estimate of drug-likeness (QED) is 0.738. The van der Waals surface area contributed by atoms with Gasteiger partial charge in [-0.25, -0.2) is 0 Å². The Morgan fingerprint density at radius 1 is 1.27 bits per heavy atom. The van der Waals surface area contributed by atoms with Gasteiger partial charge >= 0.3 is 0 Å². The van der Waals surface area contributed by atoms with Crippen molar-refractivity contribution in [3.8, 4) is 10.4 Å². The van der Waals surface area contributed by atoms with Gasteiger partial charge in [0.2, 0.25) is 0 Å². The topological polar surface area (TPSA) is 72.9 Å². The molecule has 2 heterocycles. The molecule has 4 rings (SSSR count). The zero-order valence-corrected chi connectivity index (χ0v) is 15.8. The van der Waals surface area contributed by atoms with E-state index in [1.165, 1.54) is 0 Å². The van der Waals surface area contributed by atoms with Gasteiger partial charge in [0.05, 0.1) is 15.9 Å². The van der Waals surface area contributed by atoms with Crippen LogP contribution in [0.4, 0.5) is 5.69 Å². The predicted octanol–water partition coefficient (Wildman–Crippen LogP) is 3.59. The molecule has 6 heteroatoms. The van der Waals surface area contributed by atoms with Gasteiger partial charge in [0, 0.05) is 36.4 Å². The fourth-order valence-electron chi connectivity index (χ4n) is 3.85. The van der Waals surface area contributed by atoms with Crippen LogP contribution in [0.3, 0.4) is 0 Å². The summed E-state index contributed by atoms with van der Waals surface area (Å²) >= 11 is 1.62. The summed E-state index contributed by atoms with van der Waals surface area (Å²) < 4.78 is 1.71. The van der Waals surface area contributed by atoms with Crippen molar-refractivity contribution in [1.82, 2.24) is 9.55 Å². The number of benzene rings is 1. The van der Waals surface area contributed by atoms with Crippen molar-refractivity contribution in [3.05, 3.63) is 46.3 Å². The second-order valence-electron chi connectivity index (χ2n) is 7.15. The summed E-state index contributed by atoms with van der Waals surface area (Å²) in [6.45, 7) is 0.778. The Morgan fingerprint density at radius 3 is 2.77 bits per heavy atom. The van der Waals surface area contributed by atoms with Crippen molar-refractivity contribution in [2.45, 2.75) is 31.7 Å². The van der Waals surface area contributed by atoms with Crippen LogP contribution >= 0.6 is 11.3 Å². The lowest BCUT2D eigenvalue weighted by molar-refractivity contribution is 0.345. The van der Waals surface area contributed by atoms with E-state index in [0.717, 1.165) is 59.3 Å². The minimum Gasteiger partial charge on any atom is -0.382 e. The fraction of sp³-hybridized carbons (Fsp3) is 0.400. The van der Waals surface area contributed by atoms with Gasteiger partial charge in [-0.15, -0.1) is 11.3 Å². The molecule has 1 aromatic carbocycles. The van der Waals surface area contributed by atoms with Crippen molar-refractivity contribution in [2.24, 2.45) is 18.7 Å². The molecule has 1 saturated carbocycles. The number of thiazole rings is 1. The number of nitrogens with one attached hydrogen (secondary N) is 1. The summed E-state index contributed by atoms with van der Waals surface area (Å²) in [5, 5.41) is 4.73.